The zero-order valence-corrected chi connectivity index (χ0v) is 25.1. The van der Waals surface area contributed by atoms with Crippen molar-refractivity contribution in [1.82, 2.24) is 0 Å². The van der Waals surface area contributed by atoms with Crippen molar-refractivity contribution in [1.29, 1.82) is 0 Å². The highest BCUT2D eigenvalue weighted by atomic mass is 16.5. The highest BCUT2D eigenvalue weighted by Crippen LogP contribution is 2.87. The second-order valence-corrected chi connectivity index (χ2v) is 14.5. The largest absolute Gasteiger partial charge is 0.481 e. The van der Waals surface area contributed by atoms with Gasteiger partial charge in [0.25, 0.3) is 0 Å². The predicted octanol–water partition coefficient (Wildman–Crippen LogP) is 6.22. The highest BCUT2D eigenvalue weighted by molar-refractivity contribution is 5.98. The van der Waals surface area contributed by atoms with Crippen LogP contribution in [0.15, 0.2) is 24.8 Å². The zero-order valence-electron chi connectivity index (χ0n) is 25.1. The van der Waals surface area contributed by atoms with Crippen molar-refractivity contribution in [3.63, 3.8) is 0 Å². The van der Waals surface area contributed by atoms with E-state index in [9.17, 15) is 24.6 Å². The molecule has 0 aromatic rings. The summed E-state index contributed by atoms with van der Waals surface area (Å²) < 4.78 is 6.03. The summed E-state index contributed by atoms with van der Waals surface area (Å²) in [5.74, 6) is -1.03. The van der Waals surface area contributed by atoms with Crippen LogP contribution in [0.5, 0.6) is 0 Å². The Morgan fingerprint density at radius 3 is 2.31 bits per heavy atom. The number of aliphatic hydroxyl groups is 1. The molecule has 4 aliphatic rings. The number of aliphatic hydroxyl groups excluding tert-OH is 1. The number of carboxylic acids is 1. The quantitative estimate of drug-likeness (QED) is 0.193. The van der Waals surface area contributed by atoms with Gasteiger partial charge in [0.2, 0.25) is 0 Å². The lowest BCUT2D eigenvalue weighted by Crippen LogP contribution is -2.56. The number of ketones is 1. The van der Waals surface area contributed by atoms with Crippen LogP contribution in [0.3, 0.4) is 0 Å². The van der Waals surface area contributed by atoms with Crippen LogP contribution in [0, 0.1) is 57.2 Å². The molecule has 1 spiro atoms. The topological polar surface area (TPSA) is 101 Å². The first-order chi connectivity index (χ1) is 18.0. The van der Waals surface area contributed by atoms with Gasteiger partial charge in [-0.15, -0.1) is 6.58 Å². The Bertz CT molecular complexity index is 1060. The third-order valence-electron chi connectivity index (χ3n) is 12.7. The van der Waals surface area contributed by atoms with Crippen molar-refractivity contribution in [2.24, 2.45) is 57.2 Å². The molecule has 2 N–H and O–H groups in total. The second-order valence-electron chi connectivity index (χ2n) is 14.5. The standard InChI is InChI=1S/C33H50O6/c1-10-23-19(4)15-25-31(9)16-24(39-22(7)34)27(21(6)29(38)28(37)20(5)18(2)3)30(31,8)13-14-33(25)17-32(23,33)12-11-26(35)36/h10,18-19,21,23-25,27,29,38H,1,5,11-17H2,2-4,6-9H3,(H,35,36)/t19-,21+,23-,24+,25+,27+,29-,30-,31+,32-,33+/m1/s1. The Morgan fingerprint density at radius 2 is 1.77 bits per heavy atom. The Morgan fingerprint density at radius 1 is 1.13 bits per heavy atom. The Balaban J connectivity index is 1.75. The third kappa shape index (κ3) is 4.18. The third-order valence-corrected chi connectivity index (χ3v) is 12.7. The first-order valence-electron chi connectivity index (χ1n) is 15.0. The van der Waals surface area contributed by atoms with Crippen molar-refractivity contribution in [2.75, 3.05) is 0 Å². The maximum atomic E-state index is 13.2. The molecule has 0 bridgehead atoms. The maximum Gasteiger partial charge on any atom is 0.303 e. The molecule has 11 atom stereocenters. The van der Waals surface area contributed by atoms with Gasteiger partial charge in [0.05, 0.1) is 0 Å². The summed E-state index contributed by atoms with van der Waals surface area (Å²) in [6, 6.07) is 0. The summed E-state index contributed by atoms with van der Waals surface area (Å²) in [7, 11) is 0. The van der Waals surface area contributed by atoms with E-state index in [0.717, 1.165) is 25.7 Å². The SMILES string of the molecule is C=C[C@@H]1[C@H](C)C[C@@H]2[C@]3(CC[C@]4(C)[C@@H]([C@H](C)[C@@H](O)C(=O)C(=C)C(C)C)[C@@H](OC(C)=O)C[C@@]24C)C[C@]13CCC(=O)O. The summed E-state index contributed by atoms with van der Waals surface area (Å²) >= 11 is 0. The number of carboxylic acid groups (broad SMARTS) is 1. The van der Waals surface area contributed by atoms with Gasteiger partial charge in [-0.05, 0) is 95.3 Å². The maximum absolute atomic E-state index is 13.2. The van der Waals surface area contributed by atoms with Crippen LogP contribution >= 0.6 is 0 Å². The van der Waals surface area contributed by atoms with Crippen molar-refractivity contribution < 1.29 is 29.3 Å². The molecule has 0 unspecified atom stereocenters. The Hall–Kier alpha value is -1.95. The van der Waals surface area contributed by atoms with Gasteiger partial charge in [-0.25, -0.2) is 0 Å². The number of hydrogen-bond acceptors (Lipinski definition) is 5. The van der Waals surface area contributed by atoms with E-state index in [2.05, 4.69) is 40.0 Å². The number of carbonyl (C=O) groups is 3. The monoisotopic (exact) mass is 542 g/mol. The smallest absolute Gasteiger partial charge is 0.303 e. The van der Waals surface area contributed by atoms with Gasteiger partial charge in [-0.2, -0.15) is 0 Å². The van der Waals surface area contributed by atoms with Gasteiger partial charge in [0, 0.05) is 19.3 Å². The number of hydrogen-bond donors (Lipinski definition) is 2. The van der Waals surface area contributed by atoms with Crippen LogP contribution in [0.2, 0.25) is 0 Å². The fraction of sp³-hybridized carbons (Fsp3) is 0.788. The first kappa shape index (κ1) is 30.0. The lowest BCUT2D eigenvalue weighted by Gasteiger charge is -2.61. The zero-order chi connectivity index (χ0) is 29.3. The Labute approximate surface area is 234 Å². The Kier molecular flexibility index (Phi) is 7.58. The lowest BCUT2D eigenvalue weighted by atomic mass is 9.43. The van der Waals surface area contributed by atoms with Crippen LogP contribution in [0.25, 0.3) is 0 Å². The number of esters is 1. The molecule has 4 saturated carbocycles. The normalized spacial score (nSPS) is 43.9. The molecule has 4 fully saturated rings. The van der Waals surface area contributed by atoms with Crippen LogP contribution in [-0.4, -0.2) is 40.1 Å². The fourth-order valence-electron chi connectivity index (χ4n) is 10.6. The van der Waals surface area contributed by atoms with Gasteiger partial charge < -0.3 is 14.9 Å². The molecule has 0 heterocycles. The van der Waals surface area contributed by atoms with Crippen molar-refractivity contribution >= 4 is 17.7 Å². The van der Waals surface area contributed by atoms with Gasteiger partial charge in [0.15, 0.2) is 5.78 Å². The number of Topliss-reactive ketones (excluding diaryl/α,β-unsaturated/α-hetero) is 1. The number of fused-ring (bicyclic) bond motifs is 2. The molecule has 218 valence electrons. The van der Waals surface area contributed by atoms with Crippen LogP contribution < -0.4 is 0 Å². The van der Waals surface area contributed by atoms with E-state index in [0.29, 0.717) is 36.2 Å². The van der Waals surface area contributed by atoms with Crippen LogP contribution in [-0.2, 0) is 19.1 Å². The van der Waals surface area contributed by atoms with E-state index < -0.39 is 24.1 Å². The molecular weight excluding hydrogens is 492 g/mol. The first-order valence-corrected chi connectivity index (χ1v) is 15.0. The lowest BCUT2D eigenvalue weighted by molar-refractivity contribution is -0.155. The molecule has 39 heavy (non-hydrogen) atoms. The number of aliphatic carboxylic acids is 1. The molecule has 0 saturated heterocycles. The minimum Gasteiger partial charge on any atom is -0.481 e. The van der Waals surface area contributed by atoms with Crippen molar-refractivity contribution in [2.45, 2.75) is 106 Å². The molecule has 4 rings (SSSR count). The minimum absolute atomic E-state index is 0.0507. The summed E-state index contributed by atoms with van der Waals surface area (Å²) in [6.07, 6.45) is 5.95. The highest BCUT2D eigenvalue weighted by Gasteiger charge is 2.81. The fourth-order valence-corrected chi connectivity index (χ4v) is 10.6. The molecule has 0 aliphatic heterocycles. The van der Waals surface area contributed by atoms with E-state index >= 15 is 0 Å². The number of allylic oxidation sites excluding steroid dienone is 1. The average molecular weight is 543 g/mol. The molecule has 0 amide bonds. The van der Waals surface area contributed by atoms with Gasteiger partial charge in [-0.1, -0.05) is 54.2 Å². The van der Waals surface area contributed by atoms with Gasteiger partial charge >= 0.3 is 11.9 Å². The number of carbonyl (C=O) groups excluding carboxylic acids is 2. The van der Waals surface area contributed by atoms with Gasteiger partial charge in [-0.3, -0.25) is 14.4 Å². The van der Waals surface area contributed by atoms with E-state index in [1.54, 1.807) is 0 Å². The summed E-state index contributed by atoms with van der Waals surface area (Å²) in [5.41, 5.74) is -0.0190. The molecule has 6 nitrogen and oxygen atoms in total. The van der Waals surface area contributed by atoms with Crippen LogP contribution in [0.4, 0.5) is 0 Å². The molecular formula is C33H50O6. The predicted molar refractivity (Wildman–Crippen MR) is 151 cm³/mol. The van der Waals surface area contributed by atoms with E-state index in [1.807, 2.05) is 20.8 Å². The number of rotatable bonds is 10. The van der Waals surface area contributed by atoms with Crippen LogP contribution in [0.1, 0.15) is 93.4 Å². The average Bonchev–Trinajstić information content (AvgIpc) is 3.45. The van der Waals surface area contributed by atoms with E-state index in [4.69, 9.17) is 4.74 Å². The summed E-state index contributed by atoms with van der Waals surface area (Å²) in [4.78, 5) is 37.2. The second kappa shape index (κ2) is 9.85. The molecule has 0 aromatic heterocycles. The summed E-state index contributed by atoms with van der Waals surface area (Å²) in [6.45, 7) is 22.2. The summed E-state index contributed by atoms with van der Waals surface area (Å²) in [5, 5.41) is 20.9. The molecule has 4 aliphatic carbocycles. The van der Waals surface area contributed by atoms with Crippen molar-refractivity contribution in [3.05, 3.63) is 24.8 Å². The molecule has 0 radical (unpaired) electrons. The number of ether oxygens (including phenoxy) is 1. The molecule has 0 aromatic carbocycles. The van der Waals surface area contributed by atoms with Crippen molar-refractivity contribution in [3.8, 4) is 0 Å². The van der Waals surface area contributed by atoms with E-state index in [-0.39, 0.29) is 51.7 Å². The van der Waals surface area contributed by atoms with Gasteiger partial charge in [0.1, 0.15) is 12.2 Å². The molecule has 6 heteroatoms. The van der Waals surface area contributed by atoms with E-state index in [1.165, 1.54) is 6.92 Å². The minimum atomic E-state index is -1.20.